The van der Waals surface area contributed by atoms with Crippen molar-refractivity contribution in [2.45, 2.75) is 44.7 Å². The molecular formula is C14H21N5O2. The van der Waals surface area contributed by atoms with E-state index in [1.165, 1.54) is 18.0 Å². The molecule has 2 aromatic heterocycles. The molecule has 2 aromatic rings. The van der Waals surface area contributed by atoms with Crippen LogP contribution in [0.2, 0.25) is 0 Å². The van der Waals surface area contributed by atoms with E-state index < -0.39 is 0 Å². The third-order valence-electron chi connectivity index (χ3n) is 4.48. The Labute approximate surface area is 122 Å². The molecule has 0 atom stereocenters. The molecule has 1 aliphatic carbocycles. The number of hydrogen-bond donors (Lipinski definition) is 1. The topological polar surface area (TPSA) is 87.8 Å². The number of hydrogen-bond acceptors (Lipinski definition) is 4. The molecule has 2 N–H and O–H groups in total. The van der Waals surface area contributed by atoms with Gasteiger partial charge in [-0.25, -0.2) is 9.78 Å². The highest BCUT2D eigenvalue weighted by Gasteiger charge is 2.24. The zero-order valence-electron chi connectivity index (χ0n) is 12.5. The fraction of sp³-hybridized carbons (Fsp3) is 0.643. The molecule has 7 nitrogen and oxygen atoms in total. The average Bonchev–Trinajstić information content (AvgIpc) is 2.91. The molecule has 1 aliphatic rings. The Morgan fingerprint density at radius 2 is 1.81 bits per heavy atom. The smallest absolute Gasteiger partial charge is 0.324 e. The Balaban J connectivity index is 2.37. The van der Waals surface area contributed by atoms with Crippen molar-refractivity contribution in [1.29, 1.82) is 0 Å². The molecule has 3 rings (SSSR count). The van der Waals surface area contributed by atoms with Crippen LogP contribution in [0.4, 0.5) is 0 Å². The van der Waals surface area contributed by atoms with Crippen molar-refractivity contribution in [1.82, 2.24) is 18.7 Å². The molecule has 0 bridgehead atoms. The van der Waals surface area contributed by atoms with Gasteiger partial charge in [0.1, 0.15) is 11.5 Å². The number of nitrogens with zero attached hydrogens (tertiary/aromatic N) is 4. The van der Waals surface area contributed by atoms with Crippen LogP contribution in [-0.4, -0.2) is 18.7 Å². The van der Waals surface area contributed by atoms with Gasteiger partial charge in [-0.15, -0.1) is 0 Å². The SMILES string of the molecule is Cn1c(=O)c2nc(CN)n(C3CCCCC3)c2n(C)c1=O. The monoisotopic (exact) mass is 291 g/mol. The van der Waals surface area contributed by atoms with Crippen LogP contribution in [-0.2, 0) is 20.6 Å². The number of aryl methyl sites for hydroxylation is 1. The summed E-state index contributed by atoms with van der Waals surface area (Å²) >= 11 is 0. The van der Waals surface area contributed by atoms with Gasteiger partial charge in [-0.2, -0.15) is 0 Å². The van der Waals surface area contributed by atoms with E-state index in [-0.39, 0.29) is 23.8 Å². The second-order valence-electron chi connectivity index (χ2n) is 5.77. The molecule has 7 heteroatoms. The van der Waals surface area contributed by atoms with Crippen molar-refractivity contribution in [3.8, 4) is 0 Å². The number of rotatable bonds is 2. The van der Waals surface area contributed by atoms with Crippen LogP contribution in [0, 0.1) is 0 Å². The van der Waals surface area contributed by atoms with Crippen LogP contribution in [0.1, 0.15) is 44.0 Å². The minimum absolute atomic E-state index is 0.266. The van der Waals surface area contributed by atoms with Crippen LogP contribution in [0.15, 0.2) is 9.59 Å². The highest BCUT2D eigenvalue weighted by Crippen LogP contribution is 2.31. The van der Waals surface area contributed by atoms with Gasteiger partial charge in [-0.1, -0.05) is 19.3 Å². The Hall–Kier alpha value is -1.89. The third-order valence-corrected chi connectivity index (χ3v) is 4.48. The van der Waals surface area contributed by atoms with E-state index in [4.69, 9.17) is 5.73 Å². The third kappa shape index (κ3) is 2.03. The molecule has 0 amide bonds. The molecule has 21 heavy (non-hydrogen) atoms. The number of fused-ring (bicyclic) bond motifs is 1. The van der Waals surface area contributed by atoms with Gasteiger partial charge in [0, 0.05) is 20.1 Å². The zero-order chi connectivity index (χ0) is 15.1. The van der Waals surface area contributed by atoms with Crippen molar-refractivity contribution in [3.63, 3.8) is 0 Å². The summed E-state index contributed by atoms with van der Waals surface area (Å²) in [4.78, 5) is 28.9. The first-order chi connectivity index (χ1) is 10.1. The van der Waals surface area contributed by atoms with Crippen molar-refractivity contribution < 1.29 is 0 Å². The highest BCUT2D eigenvalue weighted by molar-refractivity contribution is 5.71. The zero-order valence-corrected chi connectivity index (χ0v) is 12.5. The number of aromatic nitrogens is 4. The van der Waals surface area contributed by atoms with E-state index >= 15 is 0 Å². The van der Waals surface area contributed by atoms with Crippen LogP contribution < -0.4 is 17.0 Å². The molecular weight excluding hydrogens is 270 g/mol. The van der Waals surface area contributed by atoms with E-state index in [1.54, 1.807) is 7.05 Å². The molecule has 1 fully saturated rings. The fourth-order valence-electron chi connectivity index (χ4n) is 3.36. The first kappa shape index (κ1) is 14.1. The molecule has 114 valence electrons. The second kappa shape index (κ2) is 5.14. The quantitative estimate of drug-likeness (QED) is 0.867. The molecule has 0 aliphatic heterocycles. The van der Waals surface area contributed by atoms with E-state index in [0.717, 1.165) is 30.3 Å². The molecule has 0 aromatic carbocycles. The maximum absolute atomic E-state index is 12.3. The molecule has 1 saturated carbocycles. The standard InChI is InChI=1S/C14H21N5O2/c1-17-12-11(13(20)18(2)14(17)21)16-10(8-15)19(12)9-6-4-3-5-7-9/h9H,3-8,15H2,1-2H3. The number of imidazole rings is 1. The lowest BCUT2D eigenvalue weighted by atomic mass is 9.95. The molecule has 0 spiro atoms. The number of nitrogens with two attached hydrogens (primary N) is 1. The van der Waals surface area contributed by atoms with Crippen molar-refractivity contribution >= 4 is 11.2 Å². The van der Waals surface area contributed by atoms with E-state index in [1.807, 2.05) is 4.57 Å². The van der Waals surface area contributed by atoms with Gasteiger partial charge in [0.15, 0.2) is 5.52 Å². The van der Waals surface area contributed by atoms with E-state index in [2.05, 4.69) is 4.98 Å². The molecule has 2 heterocycles. The summed E-state index contributed by atoms with van der Waals surface area (Å²) < 4.78 is 4.63. The first-order valence-electron chi connectivity index (χ1n) is 7.43. The van der Waals surface area contributed by atoms with Gasteiger partial charge in [0.05, 0.1) is 6.54 Å². The van der Waals surface area contributed by atoms with E-state index in [0.29, 0.717) is 17.0 Å². The summed E-state index contributed by atoms with van der Waals surface area (Å²) in [6.07, 6.45) is 5.64. The summed E-state index contributed by atoms with van der Waals surface area (Å²) in [7, 11) is 3.16. The summed E-state index contributed by atoms with van der Waals surface area (Å²) in [5.74, 6) is 0.690. The van der Waals surface area contributed by atoms with Crippen LogP contribution in [0.3, 0.4) is 0 Å². The summed E-state index contributed by atoms with van der Waals surface area (Å²) in [6.45, 7) is 0.266. The summed E-state index contributed by atoms with van der Waals surface area (Å²) in [5.41, 5.74) is 6.09. The van der Waals surface area contributed by atoms with Gasteiger partial charge in [0.2, 0.25) is 0 Å². The molecule has 0 unspecified atom stereocenters. The van der Waals surface area contributed by atoms with Crippen LogP contribution >= 0.6 is 0 Å². The minimum atomic E-state index is -0.350. The lowest BCUT2D eigenvalue weighted by molar-refractivity contribution is 0.349. The Morgan fingerprint density at radius 3 is 2.43 bits per heavy atom. The van der Waals surface area contributed by atoms with Gasteiger partial charge < -0.3 is 10.3 Å². The molecule has 0 radical (unpaired) electrons. The second-order valence-corrected chi connectivity index (χ2v) is 5.77. The lowest BCUT2D eigenvalue weighted by Crippen LogP contribution is -2.37. The van der Waals surface area contributed by atoms with Crippen LogP contribution in [0.25, 0.3) is 11.2 Å². The molecule has 0 saturated heterocycles. The minimum Gasteiger partial charge on any atom is -0.324 e. The summed E-state index contributed by atoms with van der Waals surface area (Å²) in [5, 5.41) is 0. The van der Waals surface area contributed by atoms with Crippen molar-refractivity contribution in [3.05, 3.63) is 26.7 Å². The normalized spacial score (nSPS) is 16.7. The lowest BCUT2D eigenvalue weighted by Gasteiger charge is -2.25. The van der Waals surface area contributed by atoms with Gasteiger partial charge in [0.25, 0.3) is 5.56 Å². The Bertz CT molecular complexity index is 792. The maximum atomic E-state index is 12.3. The maximum Gasteiger partial charge on any atom is 0.332 e. The average molecular weight is 291 g/mol. The van der Waals surface area contributed by atoms with Gasteiger partial charge in [-0.3, -0.25) is 13.9 Å². The van der Waals surface area contributed by atoms with E-state index in [9.17, 15) is 9.59 Å². The van der Waals surface area contributed by atoms with Crippen molar-refractivity contribution in [2.24, 2.45) is 19.8 Å². The first-order valence-corrected chi connectivity index (χ1v) is 7.43. The van der Waals surface area contributed by atoms with Crippen molar-refractivity contribution in [2.75, 3.05) is 0 Å². The predicted octanol–water partition coefficient (Wildman–Crippen LogP) is 0.398. The van der Waals surface area contributed by atoms with Gasteiger partial charge in [-0.05, 0) is 12.8 Å². The summed E-state index contributed by atoms with van der Waals surface area (Å²) in [6, 6.07) is 0.278. The predicted molar refractivity (Wildman–Crippen MR) is 80.2 cm³/mol. The Kier molecular flexibility index (Phi) is 3.44. The fourth-order valence-corrected chi connectivity index (χ4v) is 3.36. The van der Waals surface area contributed by atoms with Gasteiger partial charge >= 0.3 is 5.69 Å². The highest BCUT2D eigenvalue weighted by atomic mass is 16.2. The van der Waals surface area contributed by atoms with Crippen LogP contribution in [0.5, 0.6) is 0 Å². The Morgan fingerprint density at radius 1 is 1.14 bits per heavy atom. The largest absolute Gasteiger partial charge is 0.332 e.